The molecule has 0 fully saturated rings. The van der Waals surface area contributed by atoms with E-state index in [0.29, 0.717) is 13.2 Å². The Bertz CT molecular complexity index is 484. The molecule has 0 spiro atoms. The molecule has 2 rings (SSSR count). The second kappa shape index (κ2) is 7.99. The van der Waals surface area contributed by atoms with Gasteiger partial charge in [0.05, 0.1) is 19.0 Å². The van der Waals surface area contributed by atoms with Gasteiger partial charge in [-0.3, -0.25) is 0 Å². The zero-order valence-corrected chi connectivity index (χ0v) is 12.2. The average Bonchev–Trinajstić information content (AvgIpc) is 2.99. The molecule has 0 amide bonds. The number of rotatable bonds is 8. The molecular formula is C15H19NO3S. The van der Waals surface area contributed by atoms with Crippen LogP contribution in [0.5, 0.6) is 0 Å². The van der Waals surface area contributed by atoms with Gasteiger partial charge < -0.3 is 19.6 Å². The van der Waals surface area contributed by atoms with E-state index in [2.05, 4.69) is 5.32 Å². The minimum atomic E-state index is -0.551. The SMILES string of the molecule is CSc1ccc(NCC(O)COCc2ccco2)cc1. The second-order valence-corrected chi connectivity index (χ2v) is 5.24. The van der Waals surface area contributed by atoms with Crippen molar-refractivity contribution in [3.8, 4) is 0 Å². The summed E-state index contributed by atoms with van der Waals surface area (Å²) in [5, 5.41) is 13.0. The van der Waals surface area contributed by atoms with E-state index in [-0.39, 0.29) is 6.61 Å². The van der Waals surface area contributed by atoms with Gasteiger partial charge in [0, 0.05) is 17.1 Å². The van der Waals surface area contributed by atoms with E-state index < -0.39 is 6.10 Å². The van der Waals surface area contributed by atoms with Gasteiger partial charge >= 0.3 is 0 Å². The molecular weight excluding hydrogens is 274 g/mol. The number of aliphatic hydroxyl groups excluding tert-OH is 1. The van der Waals surface area contributed by atoms with Crippen molar-refractivity contribution in [2.75, 3.05) is 24.7 Å². The molecule has 0 aliphatic carbocycles. The third-order valence-corrected chi connectivity index (χ3v) is 3.51. The monoisotopic (exact) mass is 293 g/mol. The van der Waals surface area contributed by atoms with Crippen LogP contribution in [0.25, 0.3) is 0 Å². The summed E-state index contributed by atoms with van der Waals surface area (Å²) in [6.07, 6.45) is 3.10. The second-order valence-electron chi connectivity index (χ2n) is 4.36. The zero-order valence-electron chi connectivity index (χ0n) is 11.4. The fraction of sp³-hybridized carbons (Fsp3) is 0.333. The smallest absolute Gasteiger partial charge is 0.129 e. The number of benzene rings is 1. The standard InChI is InChI=1S/C15H19NO3S/c1-20-15-6-4-12(5-7-15)16-9-13(17)10-18-11-14-3-2-8-19-14/h2-8,13,16-17H,9-11H2,1H3. The molecule has 1 aromatic heterocycles. The Kier molecular flexibility index (Phi) is 5.98. The number of furan rings is 1. The summed E-state index contributed by atoms with van der Waals surface area (Å²) in [4.78, 5) is 1.22. The van der Waals surface area contributed by atoms with E-state index in [1.165, 1.54) is 4.90 Å². The highest BCUT2D eigenvalue weighted by Crippen LogP contribution is 2.17. The molecule has 0 bridgehead atoms. The zero-order chi connectivity index (χ0) is 14.2. The highest BCUT2D eigenvalue weighted by atomic mass is 32.2. The first-order chi connectivity index (χ1) is 9.78. The van der Waals surface area contributed by atoms with Crippen LogP contribution in [0.2, 0.25) is 0 Å². The van der Waals surface area contributed by atoms with Gasteiger partial charge in [-0.1, -0.05) is 0 Å². The first-order valence-corrected chi connectivity index (χ1v) is 7.66. The van der Waals surface area contributed by atoms with Crippen LogP contribution in [0.3, 0.4) is 0 Å². The van der Waals surface area contributed by atoms with Crippen LogP contribution >= 0.6 is 11.8 Å². The molecule has 4 nitrogen and oxygen atoms in total. The Hall–Kier alpha value is -1.43. The maximum atomic E-state index is 9.82. The van der Waals surface area contributed by atoms with Gasteiger partial charge in [0.25, 0.3) is 0 Å². The van der Waals surface area contributed by atoms with Crippen molar-refractivity contribution in [1.29, 1.82) is 0 Å². The van der Waals surface area contributed by atoms with E-state index in [1.54, 1.807) is 18.0 Å². The van der Waals surface area contributed by atoms with E-state index >= 15 is 0 Å². The minimum Gasteiger partial charge on any atom is -0.467 e. The van der Waals surface area contributed by atoms with Crippen LogP contribution in [-0.4, -0.2) is 30.6 Å². The maximum Gasteiger partial charge on any atom is 0.129 e. The van der Waals surface area contributed by atoms with Crippen LogP contribution < -0.4 is 5.32 Å². The van der Waals surface area contributed by atoms with Crippen LogP contribution in [0.1, 0.15) is 5.76 Å². The topological polar surface area (TPSA) is 54.6 Å². The Morgan fingerprint density at radius 3 is 2.75 bits per heavy atom. The quantitative estimate of drug-likeness (QED) is 0.733. The Morgan fingerprint density at radius 1 is 1.30 bits per heavy atom. The van der Waals surface area contributed by atoms with Gasteiger partial charge in [0.2, 0.25) is 0 Å². The Labute approximate surface area is 123 Å². The number of anilines is 1. The number of ether oxygens (including phenoxy) is 1. The largest absolute Gasteiger partial charge is 0.467 e. The summed E-state index contributed by atoms with van der Waals surface area (Å²) in [7, 11) is 0. The summed E-state index contributed by atoms with van der Waals surface area (Å²) in [6, 6.07) is 11.8. The normalized spacial score (nSPS) is 12.3. The summed E-state index contributed by atoms with van der Waals surface area (Å²) < 4.78 is 10.5. The first kappa shape index (κ1) is 15.0. The van der Waals surface area contributed by atoms with Gasteiger partial charge in [-0.25, -0.2) is 0 Å². The van der Waals surface area contributed by atoms with Crippen molar-refractivity contribution in [3.05, 3.63) is 48.4 Å². The number of hydrogen-bond donors (Lipinski definition) is 2. The third kappa shape index (κ3) is 4.92. The molecule has 2 aromatic rings. The van der Waals surface area contributed by atoms with E-state index in [1.807, 2.05) is 42.7 Å². The van der Waals surface area contributed by atoms with Crippen LogP contribution in [-0.2, 0) is 11.3 Å². The molecule has 1 aromatic carbocycles. The number of thioether (sulfide) groups is 1. The third-order valence-electron chi connectivity index (χ3n) is 2.77. The summed E-state index contributed by atoms with van der Waals surface area (Å²) in [5.74, 6) is 0.762. The number of hydrogen-bond acceptors (Lipinski definition) is 5. The Morgan fingerprint density at radius 2 is 2.10 bits per heavy atom. The lowest BCUT2D eigenvalue weighted by Crippen LogP contribution is -2.24. The molecule has 108 valence electrons. The number of nitrogens with one attached hydrogen (secondary N) is 1. The minimum absolute atomic E-state index is 0.274. The average molecular weight is 293 g/mol. The molecule has 0 saturated heterocycles. The highest BCUT2D eigenvalue weighted by Gasteiger charge is 2.05. The molecule has 0 aliphatic rings. The van der Waals surface area contributed by atoms with Crippen LogP contribution in [0.4, 0.5) is 5.69 Å². The highest BCUT2D eigenvalue weighted by molar-refractivity contribution is 7.98. The van der Waals surface area contributed by atoms with Gasteiger partial charge in [0.15, 0.2) is 0 Å². The Balaban J connectivity index is 1.65. The molecule has 0 aliphatic heterocycles. The van der Waals surface area contributed by atoms with E-state index in [4.69, 9.17) is 9.15 Å². The lowest BCUT2D eigenvalue weighted by atomic mass is 10.3. The van der Waals surface area contributed by atoms with Gasteiger partial charge in [-0.15, -0.1) is 11.8 Å². The predicted octanol–water partition coefficient (Wildman–Crippen LogP) is 2.99. The van der Waals surface area contributed by atoms with Gasteiger partial charge in [0.1, 0.15) is 12.4 Å². The van der Waals surface area contributed by atoms with Crippen molar-refractivity contribution in [3.63, 3.8) is 0 Å². The fourth-order valence-corrected chi connectivity index (χ4v) is 2.10. The molecule has 0 radical (unpaired) electrons. The predicted molar refractivity (Wildman–Crippen MR) is 81.1 cm³/mol. The van der Waals surface area contributed by atoms with E-state index in [9.17, 15) is 5.11 Å². The van der Waals surface area contributed by atoms with Crippen LogP contribution in [0, 0.1) is 0 Å². The van der Waals surface area contributed by atoms with Crippen molar-refractivity contribution < 1.29 is 14.3 Å². The fourth-order valence-electron chi connectivity index (χ4n) is 1.69. The molecule has 5 heteroatoms. The van der Waals surface area contributed by atoms with E-state index in [0.717, 1.165) is 11.4 Å². The molecule has 2 N–H and O–H groups in total. The lowest BCUT2D eigenvalue weighted by molar-refractivity contribution is 0.0282. The summed E-state index contributed by atoms with van der Waals surface area (Å²) in [5.41, 5.74) is 0.993. The first-order valence-electron chi connectivity index (χ1n) is 6.44. The van der Waals surface area contributed by atoms with Gasteiger partial charge in [-0.05, 0) is 42.7 Å². The molecule has 0 saturated carbocycles. The molecule has 1 unspecified atom stereocenters. The van der Waals surface area contributed by atoms with Crippen LogP contribution in [0.15, 0.2) is 52.0 Å². The molecule has 1 heterocycles. The summed E-state index contributed by atoms with van der Waals surface area (Å²) >= 11 is 1.71. The van der Waals surface area contributed by atoms with Crippen molar-refractivity contribution in [1.82, 2.24) is 0 Å². The lowest BCUT2D eigenvalue weighted by Gasteiger charge is -2.13. The number of aliphatic hydroxyl groups is 1. The van der Waals surface area contributed by atoms with Crippen molar-refractivity contribution in [2.45, 2.75) is 17.6 Å². The maximum absolute atomic E-state index is 9.82. The van der Waals surface area contributed by atoms with Crippen molar-refractivity contribution in [2.24, 2.45) is 0 Å². The summed E-state index contributed by atoms with van der Waals surface area (Å²) in [6.45, 7) is 1.11. The molecule has 1 atom stereocenters. The molecule has 20 heavy (non-hydrogen) atoms. The van der Waals surface area contributed by atoms with Crippen molar-refractivity contribution >= 4 is 17.4 Å². The van der Waals surface area contributed by atoms with Gasteiger partial charge in [-0.2, -0.15) is 0 Å².